The van der Waals surface area contributed by atoms with Gasteiger partial charge in [-0.25, -0.2) is 4.99 Å². The summed E-state index contributed by atoms with van der Waals surface area (Å²) < 4.78 is 1.98. The number of halogens is 1. The third kappa shape index (κ3) is 7.23. The van der Waals surface area contributed by atoms with Gasteiger partial charge in [-0.2, -0.15) is 0 Å². The van der Waals surface area contributed by atoms with E-state index in [4.69, 9.17) is 16.6 Å². The molecule has 1 aliphatic rings. The number of hydrogen-bond acceptors (Lipinski definition) is 8. The minimum atomic E-state index is -0.424. The molecule has 12 heteroatoms. The molecule has 1 aliphatic carbocycles. The second-order valence-corrected chi connectivity index (χ2v) is 15.2. The summed E-state index contributed by atoms with van der Waals surface area (Å²) in [4.78, 5) is 32.0. The molecule has 0 unspecified atom stereocenters. The van der Waals surface area contributed by atoms with E-state index in [-0.39, 0.29) is 17.0 Å². The van der Waals surface area contributed by atoms with Crippen molar-refractivity contribution in [2.75, 3.05) is 5.32 Å². The smallest absolute Gasteiger partial charge is 0.270 e. The van der Waals surface area contributed by atoms with Gasteiger partial charge in [-0.05, 0) is 85.2 Å². The van der Waals surface area contributed by atoms with Crippen molar-refractivity contribution in [2.24, 2.45) is 16.3 Å². The van der Waals surface area contributed by atoms with Crippen molar-refractivity contribution in [3.05, 3.63) is 110 Å². The van der Waals surface area contributed by atoms with E-state index in [0.29, 0.717) is 55.2 Å². The zero-order chi connectivity index (χ0) is 34.0. The predicted octanol–water partition coefficient (Wildman–Crippen LogP) is 9.89. The van der Waals surface area contributed by atoms with Crippen LogP contribution in [0.5, 0.6) is 0 Å². The molecule has 0 saturated heterocycles. The number of non-ortho nitro benzene ring substituents is 1. The Kier molecular flexibility index (Phi) is 9.82. The monoisotopic (exact) mass is 698 g/mol. The molecule has 6 rings (SSSR count). The number of anilines is 1. The van der Waals surface area contributed by atoms with Crippen molar-refractivity contribution in [1.29, 1.82) is 0 Å². The normalized spacial score (nSPS) is 14.6. The average Bonchev–Trinajstić information content (AvgIpc) is 3.64. The van der Waals surface area contributed by atoms with E-state index in [1.54, 1.807) is 18.3 Å². The highest BCUT2D eigenvalue weighted by Crippen LogP contribution is 2.45. The predicted molar refractivity (Wildman–Crippen MR) is 194 cm³/mol. The van der Waals surface area contributed by atoms with Crippen LogP contribution in [-0.2, 0) is 19.4 Å². The minimum absolute atomic E-state index is 0.0575. The fourth-order valence-corrected chi connectivity index (χ4v) is 8.34. The summed E-state index contributed by atoms with van der Waals surface area (Å²) >= 11 is 9.13. The Morgan fingerprint density at radius 1 is 1.15 bits per heavy atom. The van der Waals surface area contributed by atoms with Gasteiger partial charge in [0.2, 0.25) is 0 Å². The SMILES string of the molecule is CCn1c(Sc2ccc([N+](=O)[O-])cc2C=Nc2sc3c(c2C(=O)Nc2ccccc2)CC[C@@H](C(C)(C)C)C3)nnc1-c1cccc(Cl)c1. The molecule has 0 aliphatic heterocycles. The number of benzene rings is 3. The number of aliphatic imine (C=N–C) groups is 1. The highest BCUT2D eigenvalue weighted by Gasteiger charge is 2.34. The van der Waals surface area contributed by atoms with Gasteiger partial charge < -0.3 is 9.88 Å². The molecule has 1 amide bonds. The third-order valence-corrected chi connectivity index (χ3v) is 11.0. The number of hydrogen-bond donors (Lipinski definition) is 1. The Morgan fingerprint density at radius 3 is 2.65 bits per heavy atom. The molecule has 3 aromatic carbocycles. The Morgan fingerprint density at radius 2 is 1.94 bits per heavy atom. The molecule has 48 heavy (non-hydrogen) atoms. The van der Waals surface area contributed by atoms with Crippen LogP contribution < -0.4 is 5.32 Å². The van der Waals surface area contributed by atoms with Crippen molar-refractivity contribution < 1.29 is 9.72 Å². The van der Waals surface area contributed by atoms with E-state index in [0.717, 1.165) is 30.4 Å². The van der Waals surface area contributed by atoms with E-state index >= 15 is 0 Å². The molecule has 0 fully saturated rings. The lowest BCUT2D eigenvalue weighted by Crippen LogP contribution is -2.27. The molecule has 246 valence electrons. The summed E-state index contributed by atoms with van der Waals surface area (Å²) in [7, 11) is 0. The Balaban J connectivity index is 1.39. The van der Waals surface area contributed by atoms with Crippen molar-refractivity contribution >= 4 is 63.2 Å². The van der Waals surface area contributed by atoms with Crippen LogP contribution in [0.4, 0.5) is 16.4 Å². The van der Waals surface area contributed by atoms with E-state index in [9.17, 15) is 14.9 Å². The molecular formula is C36H35ClN6O3S2. The summed E-state index contributed by atoms with van der Waals surface area (Å²) in [6.45, 7) is 9.39. The van der Waals surface area contributed by atoms with Gasteiger partial charge in [0, 0.05) is 56.5 Å². The van der Waals surface area contributed by atoms with Gasteiger partial charge in [0.15, 0.2) is 11.0 Å². The van der Waals surface area contributed by atoms with Crippen LogP contribution in [0.3, 0.4) is 0 Å². The second kappa shape index (κ2) is 14.0. The van der Waals surface area contributed by atoms with Gasteiger partial charge in [0.1, 0.15) is 5.00 Å². The second-order valence-electron chi connectivity index (χ2n) is 12.7. The summed E-state index contributed by atoms with van der Waals surface area (Å²) in [5.41, 5.74) is 3.77. The molecule has 1 atom stereocenters. The number of fused-ring (bicyclic) bond motifs is 1. The van der Waals surface area contributed by atoms with Gasteiger partial charge in [-0.15, -0.1) is 21.5 Å². The topological polar surface area (TPSA) is 115 Å². The van der Waals surface area contributed by atoms with Crippen LogP contribution in [-0.4, -0.2) is 31.8 Å². The lowest BCUT2D eigenvalue weighted by atomic mass is 9.72. The van der Waals surface area contributed by atoms with E-state index in [2.05, 4.69) is 36.3 Å². The van der Waals surface area contributed by atoms with Crippen molar-refractivity contribution in [1.82, 2.24) is 14.8 Å². The number of amides is 1. The van der Waals surface area contributed by atoms with Gasteiger partial charge in [-0.1, -0.05) is 62.7 Å². The first-order chi connectivity index (χ1) is 23.0. The third-order valence-electron chi connectivity index (χ3n) is 8.57. The number of para-hydroxylation sites is 1. The highest BCUT2D eigenvalue weighted by atomic mass is 35.5. The van der Waals surface area contributed by atoms with Crippen molar-refractivity contribution in [2.45, 2.75) is 63.6 Å². The average molecular weight is 699 g/mol. The Hall–Kier alpha value is -4.32. The van der Waals surface area contributed by atoms with E-state index in [1.165, 1.54) is 40.1 Å². The molecule has 2 heterocycles. The van der Waals surface area contributed by atoms with Crippen molar-refractivity contribution in [3.8, 4) is 11.4 Å². The lowest BCUT2D eigenvalue weighted by Gasteiger charge is -2.33. The quantitative estimate of drug-likeness (QED) is 0.0931. The first kappa shape index (κ1) is 33.6. The first-order valence-electron chi connectivity index (χ1n) is 15.7. The number of nitrogens with zero attached hydrogens (tertiary/aromatic N) is 5. The maximum Gasteiger partial charge on any atom is 0.270 e. The summed E-state index contributed by atoms with van der Waals surface area (Å²) in [6.07, 6.45) is 4.28. The van der Waals surface area contributed by atoms with E-state index < -0.39 is 4.92 Å². The van der Waals surface area contributed by atoms with Crippen LogP contribution in [0.1, 0.15) is 60.5 Å². The van der Waals surface area contributed by atoms with Crippen LogP contribution in [0.2, 0.25) is 5.02 Å². The molecule has 9 nitrogen and oxygen atoms in total. The molecule has 0 spiro atoms. The summed E-state index contributed by atoms with van der Waals surface area (Å²) in [6, 6.07) is 21.5. The van der Waals surface area contributed by atoms with E-state index in [1.807, 2.05) is 60.0 Å². The Labute approximate surface area is 292 Å². The number of rotatable bonds is 9. The van der Waals surface area contributed by atoms with Crippen molar-refractivity contribution in [3.63, 3.8) is 0 Å². The number of thiophene rings is 1. The summed E-state index contributed by atoms with van der Waals surface area (Å²) in [5.74, 6) is 0.947. The maximum atomic E-state index is 13.8. The van der Waals surface area contributed by atoms with Crippen LogP contribution >= 0.6 is 34.7 Å². The van der Waals surface area contributed by atoms with Gasteiger partial charge in [0.05, 0.1) is 10.5 Å². The van der Waals surface area contributed by atoms with Crippen LogP contribution in [0, 0.1) is 21.4 Å². The largest absolute Gasteiger partial charge is 0.322 e. The number of carbonyl (C=O) groups excluding carboxylic acids is 1. The van der Waals surface area contributed by atoms with Gasteiger partial charge >= 0.3 is 0 Å². The Bertz CT molecular complexity index is 2020. The number of nitrogens with one attached hydrogen (secondary N) is 1. The molecule has 0 saturated carbocycles. The standard InChI is InChI=1S/C36H35ClN6O3S2/c1-5-42-32(22-10-9-11-25(37)18-22)40-41-35(42)48-29-17-15-27(43(45)46)19-23(29)21-38-34-31(33(44)39-26-12-7-6-8-13-26)28-16-14-24(36(2,3)4)20-30(28)47-34/h6-13,15,17-19,21,24H,5,14,16,20H2,1-4H3,(H,39,44)/t24-/m1/s1. The molecule has 0 bridgehead atoms. The van der Waals surface area contributed by atoms with Gasteiger partial charge in [0.25, 0.3) is 11.6 Å². The fraction of sp³-hybridized carbons (Fsp3) is 0.278. The number of nitro benzene ring substituents is 1. The number of aromatic nitrogens is 3. The van der Waals surface area contributed by atoms with Gasteiger partial charge in [-0.3, -0.25) is 14.9 Å². The van der Waals surface area contributed by atoms with Crippen LogP contribution in [0.15, 0.2) is 87.8 Å². The fourth-order valence-electron chi connectivity index (χ4n) is 5.91. The molecule has 5 aromatic rings. The molecular weight excluding hydrogens is 664 g/mol. The maximum absolute atomic E-state index is 13.8. The van der Waals surface area contributed by atoms with Crippen LogP contribution in [0.25, 0.3) is 11.4 Å². The molecule has 2 aromatic heterocycles. The summed E-state index contributed by atoms with van der Waals surface area (Å²) in [5, 5.41) is 25.6. The first-order valence-corrected chi connectivity index (χ1v) is 17.7. The molecule has 1 N–H and O–H groups in total. The minimum Gasteiger partial charge on any atom is -0.322 e. The molecule has 0 radical (unpaired) electrons. The number of nitro groups is 1. The lowest BCUT2D eigenvalue weighted by molar-refractivity contribution is -0.384. The zero-order valence-electron chi connectivity index (χ0n) is 27.1. The zero-order valence-corrected chi connectivity index (χ0v) is 29.5. The highest BCUT2D eigenvalue weighted by molar-refractivity contribution is 7.99. The number of carbonyl (C=O) groups is 1.